The van der Waals surface area contributed by atoms with E-state index in [1.54, 1.807) is 6.07 Å². The molecule has 0 saturated heterocycles. The van der Waals surface area contributed by atoms with Gasteiger partial charge in [-0.2, -0.15) is 0 Å². The van der Waals surface area contributed by atoms with Crippen LogP contribution in [-0.2, 0) is 27.8 Å². The van der Waals surface area contributed by atoms with Gasteiger partial charge in [-0.1, -0.05) is 49.4 Å². The fourth-order valence-electron chi connectivity index (χ4n) is 6.80. The summed E-state index contributed by atoms with van der Waals surface area (Å²) in [6.45, 7) is 10.5. The second kappa shape index (κ2) is 8.86. The van der Waals surface area contributed by atoms with E-state index in [-0.39, 0.29) is 17.6 Å². The third-order valence-electron chi connectivity index (χ3n) is 8.39. The molecule has 1 fully saturated rings. The topological polar surface area (TPSA) is 59.0 Å². The van der Waals surface area contributed by atoms with Crippen molar-refractivity contribution in [2.75, 3.05) is 19.7 Å². The van der Waals surface area contributed by atoms with Crippen molar-refractivity contribution in [3.05, 3.63) is 71.8 Å². The molecule has 4 atom stereocenters. The molecular weight excluding hydrogens is 426 g/mol. The van der Waals surface area contributed by atoms with E-state index in [0.717, 1.165) is 43.5 Å². The van der Waals surface area contributed by atoms with Gasteiger partial charge in [0.2, 0.25) is 0 Å². The van der Waals surface area contributed by atoms with Crippen LogP contribution in [0, 0.1) is 0 Å². The molecule has 1 saturated carbocycles. The Bertz CT molecular complexity index is 1080. The molecule has 1 aliphatic heterocycles. The quantitative estimate of drug-likeness (QED) is 0.437. The maximum atomic E-state index is 13.2. The van der Waals surface area contributed by atoms with Crippen molar-refractivity contribution in [1.82, 2.24) is 4.90 Å². The summed E-state index contributed by atoms with van der Waals surface area (Å²) in [7, 11) is 0. The van der Waals surface area contributed by atoms with Gasteiger partial charge >= 0.3 is 0 Å². The van der Waals surface area contributed by atoms with Crippen molar-refractivity contribution in [2.24, 2.45) is 0 Å². The summed E-state index contributed by atoms with van der Waals surface area (Å²) in [5.41, 5.74) is 2.17. The predicted octanol–water partition coefficient (Wildman–Crippen LogP) is 4.59. The van der Waals surface area contributed by atoms with Crippen LogP contribution in [0.15, 0.2) is 55.1 Å². The number of benzene rings is 2. The Labute approximate surface area is 202 Å². The lowest BCUT2D eigenvalue weighted by atomic mass is 9.52. The average Bonchev–Trinajstić information content (AvgIpc) is 3.19. The number of hydrogen-bond acceptors (Lipinski definition) is 5. The second-order valence-corrected chi connectivity index (χ2v) is 10.0. The zero-order valence-corrected chi connectivity index (χ0v) is 20.3. The van der Waals surface area contributed by atoms with Crippen LogP contribution in [0.1, 0.15) is 49.8 Å². The first-order chi connectivity index (χ1) is 16.5. The Hall–Kier alpha value is -2.63. The van der Waals surface area contributed by atoms with Crippen molar-refractivity contribution >= 4 is 5.78 Å². The molecule has 2 aromatic carbocycles. The summed E-state index contributed by atoms with van der Waals surface area (Å²) < 4.78 is 13.3. The van der Waals surface area contributed by atoms with Gasteiger partial charge in [0.05, 0.1) is 11.0 Å². The van der Waals surface area contributed by atoms with Crippen LogP contribution < -0.4 is 4.74 Å². The predicted molar refractivity (Wildman–Crippen MR) is 132 cm³/mol. The SMILES string of the molecule is C=CCN(CC)[C@@H]1Cc2ccc(O)c3c2[C@@]2(C)[C@@H](O3)C(=O)CC[C@@]12OCCCc1ccccc1. The molecule has 2 aliphatic carbocycles. The number of carbonyl (C=O) groups excluding carboxylic acids is 1. The van der Waals surface area contributed by atoms with E-state index in [1.807, 2.05) is 18.2 Å². The van der Waals surface area contributed by atoms with Crippen LogP contribution in [-0.4, -0.2) is 53.2 Å². The fourth-order valence-corrected chi connectivity index (χ4v) is 6.80. The third kappa shape index (κ3) is 3.32. The highest BCUT2D eigenvalue weighted by Gasteiger charge is 2.70. The lowest BCUT2D eigenvalue weighted by molar-refractivity contribution is -0.188. The number of ether oxygens (including phenoxy) is 2. The van der Waals surface area contributed by atoms with Crippen LogP contribution in [0.5, 0.6) is 11.5 Å². The van der Waals surface area contributed by atoms with E-state index >= 15 is 0 Å². The van der Waals surface area contributed by atoms with Gasteiger partial charge in [-0.05, 0) is 56.3 Å². The highest BCUT2D eigenvalue weighted by molar-refractivity contribution is 5.89. The van der Waals surface area contributed by atoms with E-state index in [2.05, 4.69) is 49.6 Å². The Balaban J connectivity index is 1.56. The van der Waals surface area contributed by atoms with Gasteiger partial charge < -0.3 is 14.6 Å². The van der Waals surface area contributed by atoms with Crippen LogP contribution in [0.2, 0.25) is 0 Å². The van der Waals surface area contributed by atoms with E-state index in [1.165, 1.54) is 5.56 Å². The molecule has 34 heavy (non-hydrogen) atoms. The summed E-state index contributed by atoms with van der Waals surface area (Å²) in [6.07, 6.45) is 5.03. The molecule has 180 valence electrons. The summed E-state index contributed by atoms with van der Waals surface area (Å²) in [5, 5.41) is 10.6. The maximum Gasteiger partial charge on any atom is 0.174 e. The molecular formula is C29H35NO4. The molecule has 0 aromatic heterocycles. The summed E-state index contributed by atoms with van der Waals surface area (Å²) in [4.78, 5) is 15.6. The first-order valence-electron chi connectivity index (χ1n) is 12.5. The number of aryl methyl sites for hydroxylation is 1. The normalized spacial score (nSPS) is 29.1. The Kier molecular flexibility index (Phi) is 6.03. The Morgan fingerprint density at radius 1 is 1.26 bits per heavy atom. The van der Waals surface area contributed by atoms with Crippen molar-refractivity contribution < 1.29 is 19.4 Å². The third-order valence-corrected chi connectivity index (χ3v) is 8.39. The van der Waals surface area contributed by atoms with Gasteiger partial charge in [-0.3, -0.25) is 9.69 Å². The van der Waals surface area contributed by atoms with Gasteiger partial charge in [-0.25, -0.2) is 0 Å². The van der Waals surface area contributed by atoms with E-state index in [4.69, 9.17) is 9.47 Å². The molecule has 0 bridgehead atoms. The molecule has 0 spiro atoms. The number of aromatic hydroxyl groups is 1. The minimum atomic E-state index is -0.657. The smallest absolute Gasteiger partial charge is 0.174 e. The first-order valence-corrected chi connectivity index (χ1v) is 12.5. The van der Waals surface area contributed by atoms with Gasteiger partial charge in [0.25, 0.3) is 0 Å². The zero-order chi connectivity index (χ0) is 23.9. The minimum Gasteiger partial charge on any atom is -0.504 e. The molecule has 0 unspecified atom stereocenters. The maximum absolute atomic E-state index is 13.2. The molecule has 0 radical (unpaired) electrons. The van der Waals surface area contributed by atoms with Crippen molar-refractivity contribution in [1.29, 1.82) is 0 Å². The number of ketones is 1. The van der Waals surface area contributed by atoms with Crippen LogP contribution in [0.3, 0.4) is 0 Å². The standard InChI is InChI=1S/C29H35NO4/c1-4-17-30(5-2)24-19-21-13-14-22(31)26-25(21)28(3)27(34-26)23(32)15-16-29(24,28)33-18-9-12-20-10-7-6-8-11-20/h4,6-8,10-11,13-14,24,27,31H,1,5,9,12,15-19H2,2-3H3/t24-,27+,28+,29-/m1/s1. The van der Waals surface area contributed by atoms with Crippen molar-refractivity contribution in [2.45, 2.75) is 69.1 Å². The van der Waals surface area contributed by atoms with E-state index in [9.17, 15) is 9.90 Å². The van der Waals surface area contributed by atoms with Crippen molar-refractivity contribution in [3.63, 3.8) is 0 Å². The van der Waals surface area contributed by atoms with Crippen LogP contribution in [0.25, 0.3) is 0 Å². The van der Waals surface area contributed by atoms with Crippen LogP contribution in [0.4, 0.5) is 0 Å². The van der Waals surface area contributed by atoms with Gasteiger partial charge in [-0.15, -0.1) is 6.58 Å². The van der Waals surface area contributed by atoms with Crippen molar-refractivity contribution in [3.8, 4) is 11.5 Å². The first kappa shape index (κ1) is 23.1. The molecule has 2 aromatic rings. The number of phenolic OH excluding ortho intramolecular Hbond substituents is 1. The number of carbonyl (C=O) groups is 1. The number of phenols is 1. The largest absolute Gasteiger partial charge is 0.504 e. The fraction of sp³-hybridized carbons (Fsp3) is 0.483. The Morgan fingerprint density at radius 3 is 2.79 bits per heavy atom. The summed E-state index contributed by atoms with van der Waals surface area (Å²) in [5.74, 6) is 0.680. The van der Waals surface area contributed by atoms with Crippen LogP contribution >= 0.6 is 0 Å². The average molecular weight is 462 g/mol. The highest BCUT2D eigenvalue weighted by Crippen LogP contribution is 2.62. The van der Waals surface area contributed by atoms with E-state index < -0.39 is 17.1 Å². The van der Waals surface area contributed by atoms with Gasteiger partial charge in [0.15, 0.2) is 23.4 Å². The Morgan fingerprint density at radius 2 is 2.06 bits per heavy atom. The number of rotatable bonds is 9. The molecule has 3 aliphatic rings. The number of likely N-dealkylation sites (N-methyl/N-ethyl adjacent to an activating group) is 1. The number of nitrogens with zero attached hydrogens (tertiary/aromatic N) is 1. The summed E-state index contributed by atoms with van der Waals surface area (Å²) in [6, 6.07) is 14.3. The summed E-state index contributed by atoms with van der Waals surface area (Å²) >= 11 is 0. The lowest BCUT2D eigenvalue weighted by Gasteiger charge is -2.59. The monoisotopic (exact) mass is 461 g/mol. The lowest BCUT2D eigenvalue weighted by Crippen LogP contribution is -2.73. The highest BCUT2D eigenvalue weighted by atomic mass is 16.5. The zero-order valence-electron chi connectivity index (χ0n) is 20.3. The molecule has 5 nitrogen and oxygen atoms in total. The molecule has 5 rings (SSSR count). The molecule has 1 heterocycles. The minimum absolute atomic E-state index is 0.0828. The molecule has 1 N–H and O–H groups in total. The van der Waals surface area contributed by atoms with Gasteiger partial charge in [0.1, 0.15) is 0 Å². The van der Waals surface area contributed by atoms with E-state index in [0.29, 0.717) is 25.2 Å². The number of Topliss-reactive ketones (excluding diaryl/α,β-unsaturated/α-hetero) is 1. The van der Waals surface area contributed by atoms with Gasteiger partial charge in [0, 0.05) is 31.2 Å². The second-order valence-electron chi connectivity index (χ2n) is 10.0. The molecule has 0 amide bonds. The molecule has 5 heteroatoms. The number of hydrogen-bond donors (Lipinski definition) is 1.